The molecule has 0 amide bonds. The van der Waals surface area contributed by atoms with Gasteiger partial charge in [-0.05, 0) is 91.5 Å². The summed E-state index contributed by atoms with van der Waals surface area (Å²) in [5, 5.41) is 3.10. The summed E-state index contributed by atoms with van der Waals surface area (Å²) in [5.41, 5.74) is 0. The molecule has 6 nitrogen and oxygen atoms in total. The zero-order chi connectivity index (χ0) is 23.1. The van der Waals surface area contributed by atoms with Gasteiger partial charge in [0.25, 0.3) is 0 Å². The summed E-state index contributed by atoms with van der Waals surface area (Å²) >= 11 is 0. The fourth-order valence-electron chi connectivity index (χ4n) is 4.46. The highest BCUT2D eigenvalue weighted by Crippen LogP contribution is 2.63. The molecule has 1 N–H and O–H groups in total. The molecule has 0 spiro atoms. The molecule has 1 fully saturated rings. The molecule has 0 aromatic carbocycles. The molecule has 1 aliphatic rings. The minimum atomic E-state index is -3.22. The van der Waals surface area contributed by atoms with Crippen LogP contribution in [0.2, 0.25) is 51.9 Å². The van der Waals surface area contributed by atoms with Crippen molar-refractivity contribution >= 4 is 32.8 Å². The molecule has 30 heavy (non-hydrogen) atoms. The van der Waals surface area contributed by atoms with Gasteiger partial charge in [-0.3, -0.25) is 4.57 Å². The first-order valence-electron chi connectivity index (χ1n) is 11.7. The van der Waals surface area contributed by atoms with Crippen LogP contribution in [0.3, 0.4) is 0 Å². The van der Waals surface area contributed by atoms with Gasteiger partial charge in [0, 0.05) is 0 Å². The van der Waals surface area contributed by atoms with E-state index in [0.717, 1.165) is 44.7 Å². The van der Waals surface area contributed by atoms with Crippen LogP contribution < -0.4 is 5.32 Å². The first-order valence-corrected chi connectivity index (χ1v) is 22.6. The maximum Gasteiger partial charge on any atom is 0.350 e. The van der Waals surface area contributed by atoms with E-state index in [9.17, 15) is 4.57 Å². The lowest BCUT2D eigenvalue weighted by Gasteiger charge is -2.42. The Labute approximate surface area is 189 Å². The molecule has 0 atom stereocenters. The van der Waals surface area contributed by atoms with Crippen molar-refractivity contribution < 1.29 is 21.8 Å². The van der Waals surface area contributed by atoms with E-state index in [1.807, 2.05) is 13.8 Å². The Bertz CT molecular complexity index is 534. The molecular weight excluding hydrogens is 449 g/mol. The van der Waals surface area contributed by atoms with Crippen LogP contribution >= 0.6 is 7.60 Å². The van der Waals surface area contributed by atoms with Crippen LogP contribution in [0.4, 0.5) is 0 Å². The Balaban J connectivity index is 2.87. The van der Waals surface area contributed by atoms with Crippen LogP contribution in [-0.4, -0.2) is 50.2 Å². The van der Waals surface area contributed by atoms with Crippen LogP contribution in [-0.2, 0) is 21.8 Å². The number of hydrogen-bond donors (Lipinski definition) is 1. The fourth-order valence-corrected chi connectivity index (χ4v) is 19.4. The average Bonchev–Trinajstić information content (AvgIpc) is 2.56. The van der Waals surface area contributed by atoms with Gasteiger partial charge in [0.1, 0.15) is 5.28 Å². The third kappa shape index (κ3) is 9.27. The third-order valence-corrected chi connectivity index (χ3v) is 17.6. The van der Waals surface area contributed by atoms with Crippen molar-refractivity contribution in [1.29, 1.82) is 0 Å². The van der Waals surface area contributed by atoms with Crippen molar-refractivity contribution in [2.75, 3.05) is 19.8 Å². The monoisotopic (exact) mass is 497 g/mol. The van der Waals surface area contributed by atoms with E-state index >= 15 is 0 Å². The summed E-state index contributed by atoms with van der Waals surface area (Å²) in [6, 6.07) is 0.943. The quantitative estimate of drug-likeness (QED) is 0.164. The molecule has 10 heteroatoms. The Morgan fingerprint density at radius 2 is 1.30 bits per heavy atom. The molecule has 0 unspecified atom stereocenters. The van der Waals surface area contributed by atoms with E-state index in [-0.39, 0.29) is 0 Å². The molecule has 1 rings (SSSR count). The third-order valence-electron chi connectivity index (χ3n) is 5.11. The van der Waals surface area contributed by atoms with Crippen molar-refractivity contribution in [1.82, 2.24) is 5.32 Å². The molecule has 0 aromatic heterocycles. The number of hydrogen-bond acceptors (Lipinski definition) is 6. The van der Waals surface area contributed by atoms with Gasteiger partial charge in [-0.1, -0.05) is 19.3 Å². The molecule has 0 aromatic rings. The molecule has 0 aliphatic heterocycles. The van der Waals surface area contributed by atoms with Gasteiger partial charge in [-0.2, -0.15) is 0 Å². The van der Waals surface area contributed by atoms with E-state index in [1.165, 1.54) is 6.42 Å². The van der Waals surface area contributed by atoms with Crippen LogP contribution in [0.1, 0.15) is 52.4 Å². The van der Waals surface area contributed by atoms with Gasteiger partial charge in [0.05, 0.1) is 13.2 Å². The average molecular weight is 498 g/mol. The Morgan fingerprint density at radius 1 is 0.833 bits per heavy atom. The molecular formula is C20H48NO5PSi3. The van der Waals surface area contributed by atoms with Crippen molar-refractivity contribution in [3.8, 4) is 0 Å². The summed E-state index contributed by atoms with van der Waals surface area (Å²) in [7, 11) is -8.87. The van der Waals surface area contributed by atoms with E-state index in [0.29, 0.717) is 13.2 Å². The SMILES string of the molecule is CCOP(=O)(OCC)C1(NCCC[Si](C)(O[Si](C)(C)C)O[Si](C)(C)C)CCCCC1. The van der Waals surface area contributed by atoms with Crippen molar-refractivity contribution in [3.05, 3.63) is 0 Å². The number of nitrogens with one attached hydrogen (secondary N) is 1. The minimum Gasteiger partial charge on any atom is -0.437 e. The molecule has 0 radical (unpaired) electrons. The highest BCUT2D eigenvalue weighted by atomic mass is 31.2. The van der Waals surface area contributed by atoms with Crippen LogP contribution in [0.25, 0.3) is 0 Å². The lowest BCUT2D eigenvalue weighted by Crippen LogP contribution is -2.53. The molecule has 0 heterocycles. The smallest absolute Gasteiger partial charge is 0.350 e. The normalized spacial score (nSPS) is 18.6. The summed E-state index contributed by atoms with van der Waals surface area (Å²) in [6.07, 6.45) is 5.92. The molecule has 0 bridgehead atoms. The van der Waals surface area contributed by atoms with Crippen molar-refractivity contribution in [2.45, 2.75) is 110 Å². The molecule has 0 saturated heterocycles. The van der Waals surface area contributed by atoms with Gasteiger partial charge in [-0.25, -0.2) is 0 Å². The van der Waals surface area contributed by atoms with Crippen LogP contribution in [0.5, 0.6) is 0 Å². The largest absolute Gasteiger partial charge is 0.437 e. The van der Waals surface area contributed by atoms with E-state index in [4.69, 9.17) is 17.3 Å². The second-order valence-electron chi connectivity index (χ2n) is 10.5. The van der Waals surface area contributed by atoms with Gasteiger partial charge < -0.3 is 22.6 Å². The fraction of sp³-hybridized carbons (Fsp3) is 1.00. The Kier molecular flexibility index (Phi) is 11.2. The maximum absolute atomic E-state index is 13.7. The Morgan fingerprint density at radius 3 is 1.70 bits per heavy atom. The second kappa shape index (κ2) is 11.7. The summed E-state index contributed by atoms with van der Waals surface area (Å²) in [4.78, 5) is 0. The topological polar surface area (TPSA) is 66.0 Å². The van der Waals surface area contributed by atoms with Crippen LogP contribution in [0.15, 0.2) is 0 Å². The van der Waals surface area contributed by atoms with Gasteiger partial charge in [0.15, 0.2) is 16.6 Å². The van der Waals surface area contributed by atoms with E-state index in [1.54, 1.807) is 0 Å². The lowest BCUT2D eigenvalue weighted by molar-refractivity contribution is 0.167. The highest BCUT2D eigenvalue weighted by Gasteiger charge is 2.51. The van der Waals surface area contributed by atoms with Crippen LogP contribution in [0, 0.1) is 0 Å². The zero-order valence-electron chi connectivity index (χ0n) is 21.1. The van der Waals surface area contributed by atoms with Crippen molar-refractivity contribution in [2.24, 2.45) is 0 Å². The minimum absolute atomic E-state index is 0.403. The first kappa shape index (κ1) is 28.7. The second-order valence-corrected chi connectivity index (χ2v) is 25.7. The summed E-state index contributed by atoms with van der Waals surface area (Å²) in [5.74, 6) is 0. The zero-order valence-corrected chi connectivity index (χ0v) is 25.0. The van der Waals surface area contributed by atoms with E-state index in [2.05, 4.69) is 51.1 Å². The lowest BCUT2D eigenvalue weighted by atomic mass is 9.94. The highest BCUT2D eigenvalue weighted by molar-refractivity contribution is 7.55. The van der Waals surface area contributed by atoms with Gasteiger partial charge in [-0.15, -0.1) is 0 Å². The molecule has 1 aliphatic carbocycles. The first-order chi connectivity index (χ1) is 13.7. The predicted octanol–water partition coefficient (Wildman–Crippen LogP) is 6.67. The van der Waals surface area contributed by atoms with Crippen molar-refractivity contribution in [3.63, 3.8) is 0 Å². The standard InChI is InChI=1S/C20H48NO5PSi3/c1-10-23-27(22,24-11-2)20(16-13-12-14-17-20)21-18-15-19-30(9,25-28(3,4)5)26-29(6,7)8/h21H,10-19H2,1-9H3. The Hall–Kier alpha value is 0.681. The van der Waals surface area contributed by atoms with Gasteiger partial charge >= 0.3 is 16.2 Å². The van der Waals surface area contributed by atoms with Gasteiger partial charge in [0.2, 0.25) is 0 Å². The maximum atomic E-state index is 13.7. The molecule has 1 saturated carbocycles. The number of rotatable bonds is 14. The summed E-state index contributed by atoms with van der Waals surface area (Å²) < 4.78 is 38.5. The predicted molar refractivity (Wildman–Crippen MR) is 135 cm³/mol. The van der Waals surface area contributed by atoms with E-state index < -0.39 is 38.1 Å². The summed E-state index contributed by atoms with van der Waals surface area (Å²) in [6.45, 7) is 21.0. The molecule has 180 valence electrons.